The highest BCUT2D eigenvalue weighted by Gasteiger charge is 2.22. The van der Waals surface area contributed by atoms with Gasteiger partial charge in [0.1, 0.15) is 10.5 Å². The molecule has 1 aliphatic heterocycles. The number of benzene rings is 1. The summed E-state index contributed by atoms with van der Waals surface area (Å²) < 4.78 is 8.11. The van der Waals surface area contributed by atoms with Crippen molar-refractivity contribution in [3.8, 4) is 0 Å². The molecule has 0 unspecified atom stereocenters. The second-order valence-corrected chi connectivity index (χ2v) is 8.67. The molecule has 28 heavy (non-hydrogen) atoms. The third-order valence-electron chi connectivity index (χ3n) is 5.05. The van der Waals surface area contributed by atoms with Crippen molar-refractivity contribution in [3.05, 3.63) is 50.5 Å². The number of fused-ring (bicyclic) bond motifs is 1. The molecule has 6 nitrogen and oxygen atoms in total. The molecule has 0 bridgehead atoms. The average molecular weight is 419 g/mol. The van der Waals surface area contributed by atoms with Crippen LogP contribution in [0.2, 0.25) is 5.02 Å². The average Bonchev–Trinajstić information content (AvgIpc) is 3.14. The Hall–Kier alpha value is -1.96. The zero-order valence-corrected chi connectivity index (χ0v) is 17.8. The summed E-state index contributed by atoms with van der Waals surface area (Å²) in [5.41, 5.74) is 2.64. The number of rotatable bonds is 4. The van der Waals surface area contributed by atoms with Gasteiger partial charge in [0.25, 0.3) is 5.56 Å². The Morgan fingerprint density at radius 3 is 2.71 bits per heavy atom. The predicted molar refractivity (Wildman–Crippen MR) is 114 cm³/mol. The highest BCUT2D eigenvalue weighted by atomic mass is 35.5. The lowest BCUT2D eigenvalue weighted by Crippen LogP contribution is -2.36. The molecule has 2 aromatic heterocycles. The monoisotopic (exact) mass is 418 g/mol. The van der Waals surface area contributed by atoms with Gasteiger partial charge in [0, 0.05) is 24.0 Å². The number of thiazole rings is 1. The lowest BCUT2D eigenvalue weighted by Gasteiger charge is -2.25. The Labute approximate surface area is 172 Å². The van der Waals surface area contributed by atoms with Crippen LogP contribution in [0.1, 0.15) is 36.7 Å². The Balaban J connectivity index is 1.87. The zero-order chi connectivity index (χ0) is 19.8. The standard InChI is InChI=1S/C20H23ClN4O2S/c1-12(2)17-22-19(26)16-18(23-20(28-16)24-7-9-27-10-8-24)25(17)11-14-5-4-6-15(21)13(14)3/h4-6,12H,7-11H2,1-3H3. The van der Waals surface area contributed by atoms with E-state index in [9.17, 15) is 4.79 Å². The van der Waals surface area contributed by atoms with Crippen LogP contribution in [0.3, 0.4) is 0 Å². The van der Waals surface area contributed by atoms with E-state index in [2.05, 4.69) is 20.5 Å². The lowest BCUT2D eigenvalue weighted by atomic mass is 10.1. The van der Waals surface area contributed by atoms with E-state index in [-0.39, 0.29) is 11.5 Å². The van der Waals surface area contributed by atoms with Crippen LogP contribution >= 0.6 is 22.9 Å². The minimum atomic E-state index is -0.199. The quantitative estimate of drug-likeness (QED) is 0.644. The van der Waals surface area contributed by atoms with Crippen LogP contribution in [0.5, 0.6) is 0 Å². The summed E-state index contributed by atoms with van der Waals surface area (Å²) in [5, 5.41) is 1.59. The number of ether oxygens (including phenoxy) is 1. The van der Waals surface area contributed by atoms with E-state index in [1.54, 1.807) is 0 Å². The van der Waals surface area contributed by atoms with Crippen molar-refractivity contribution in [2.24, 2.45) is 0 Å². The van der Waals surface area contributed by atoms with E-state index in [4.69, 9.17) is 21.3 Å². The summed E-state index contributed by atoms with van der Waals surface area (Å²) in [7, 11) is 0. The number of aromatic nitrogens is 3. The Morgan fingerprint density at radius 1 is 1.25 bits per heavy atom. The number of nitrogens with zero attached hydrogens (tertiary/aromatic N) is 4. The third-order valence-corrected chi connectivity index (χ3v) is 6.55. The topological polar surface area (TPSA) is 60.2 Å². The molecule has 3 aromatic rings. The molecule has 1 saturated heterocycles. The third kappa shape index (κ3) is 3.54. The van der Waals surface area contributed by atoms with Gasteiger partial charge in [-0.3, -0.25) is 4.79 Å². The van der Waals surface area contributed by atoms with E-state index < -0.39 is 0 Å². The van der Waals surface area contributed by atoms with Gasteiger partial charge in [0.15, 0.2) is 10.8 Å². The number of anilines is 1. The minimum absolute atomic E-state index is 0.102. The first-order valence-electron chi connectivity index (χ1n) is 9.43. The molecule has 0 N–H and O–H groups in total. The van der Waals surface area contributed by atoms with Crippen LogP contribution in [0.4, 0.5) is 5.13 Å². The van der Waals surface area contributed by atoms with Gasteiger partial charge in [-0.1, -0.05) is 48.9 Å². The SMILES string of the molecule is Cc1c(Cl)cccc1Cn1c(C(C)C)nc(=O)c2sc(N3CCOCC3)nc21. The molecule has 4 rings (SSSR count). The normalized spacial score (nSPS) is 15.0. The second kappa shape index (κ2) is 7.81. The number of hydrogen-bond donors (Lipinski definition) is 0. The molecule has 1 aliphatic rings. The van der Waals surface area contributed by atoms with Crippen molar-refractivity contribution in [3.63, 3.8) is 0 Å². The first-order chi connectivity index (χ1) is 13.5. The maximum atomic E-state index is 12.7. The van der Waals surface area contributed by atoms with Gasteiger partial charge in [-0.15, -0.1) is 0 Å². The molecule has 0 spiro atoms. The van der Waals surface area contributed by atoms with Crippen LogP contribution in [-0.4, -0.2) is 40.8 Å². The second-order valence-electron chi connectivity index (χ2n) is 7.29. The molecular weight excluding hydrogens is 396 g/mol. The van der Waals surface area contributed by atoms with Crippen molar-refractivity contribution in [1.82, 2.24) is 14.5 Å². The van der Waals surface area contributed by atoms with Gasteiger partial charge in [0.05, 0.1) is 19.8 Å². The van der Waals surface area contributed by atoms with Gasteiger partial charge in [0.2, 0.25) is 0 Å². The van der Waals surface area contributed by atoms with E-state index in [0.717, 1.165) is 40.2 Å². The van der Waals surface area contributed by atoms with Gasteiger partial charge < -0.3 is 14.2 Å². The van der Waals surface area contributed by atoms with Crippen LogP contribution < -0.4 is 10.5 Å². The minimum Gasteiger partial charge on any atom is -0.378 e. The highest BCUT2D eigenvalue weighted by Crippen LogP contribution is 2.30. The molecule has 1 fully saturated rings. The number of morpholine rings is 1. The largest absolute Gasteiger partial charge is 0.378 e. The Bertz CT molecular complexity index is 1070. The van der Waals surface area contributed by atoms with Crippen LogP contribution in [0, 0.1) is 6.92 Å². The van der Waals surface area contributed by atoms with Crippen molar-refractivity contribution in [2.45, 2.75) is 33.2 Å². The molecule has 148 valence electrons. The first-order valence-corrected chi connectivity index (χ1v) is 10.6. The zero-order valence-electron chi connectivity index (χ0n) is 16.2. The van der Waals surface area contributed by atoms with Crippen LogP contribution in [-0.2, 0) is 11.3 Å². The first kappa shape index (κ1) is 19.4. The molecule has 0 saturated carbocycles. The summed E-state index contributed by atoms with van der Waals surface area (Å²) in [5.74, 6) is 0.848. The van der Waals surface area contributed by atoms with Gasteiger partial charge in [-0.2, -0.15) is 4.98 Å². The number of halogens is 1. The fourth-order valence-corrected chi connectivity index (χ4v) is 4.63. The highest BCUT2D eigenvalue weighted by molar-refractivity contribution is 7.22. The summed E-state index contributed by atoms with van der Waals surface area (Å²) in [6.45, 7) is 9.61. The molecule has 0 aliphatic carbocycles. The van der Waals surface area contributed by atoms with Crippen molar-refractivity contribution >= 4 is 38.4 Å². The van der Waals surface area contributed by atoms with E-state index in [1.807, 2.05) is 32.9 Å². The smallest absolute Gasteiger partial charge is 0.292 e. The molecular formula is C20H23ClN4O2S. The lowest BCUT2D eigenvalue weighted by molar-refractivity contribution is 0.122. The summed E-state index contributed by atoms with van der Waals surface area (Å²) in [6.07, 6.45) is 0. The van der Waals surface area contributed by atoms with Crippen molar-refractivity contribution in [2.75, 3.05) is 31.2 Å². The van der Waals surface area contributed by atoms with Crippen molar-refractivity contribution < 1.29 is 4.74 Å². The summed E-state index contributed by atoms with van der Waals surface area (Å²) >= 11 is 7.74. The van der Waals surface area contributed by atoms with Gasteiger partial charge in [-0.25, -0.2) is 4.98 Å². The molecule has 0 amide bonds. The van der Waals surface area contributed by atoms with E-state index in [1.165, 1.54) is 11.3 Å². The predicted octanol–water partition coefficient (Wildman–Crippen LogP) is 3.82. The molecule has 0 atom stereocenters. The molecule has 3 heterocycles. The Morgan fingerprint density at radius 2 is 2.00 bits per heavy atom. The van der Waals surface area contributed by atoms with Gasteiger partial charge >= 0.3 is 0 Å². The molecule has 8 heteroatoms. The summed E-state index contributed by atoms with van der Waals surface area (Å²) in [6, 6.07) is 5.90. The van der Waals surface area contributed by atoms with Crippen LogP contribution in [0.25, 0.3) is 10.3 Å². The maximum Gasteiger partial charge on any atom is 0.292 e. The maximum absolute atomic E-state index is 12.7. The number of hydrogen-bond acceptors (Lipinski definition) is 6. The fraction of sp³-hybridized carbons (Fsp3) is 0.450. The van der Waals surface area contributed by atoms with Crippen molar-refractivity contribution in [1.29, 1.82) is 0 Å². The molecule has 0 radical (unpaired) electrons. The van der Waals surface area contributed by atoms with Crippen LogP contribution in [0.15, 0.2) is 23.0 Å². The van der Waals surface area contributed by atoms with E-state index in [0.29, 0.717) is 30.1 Å². The van der Waals surface area contributed by atoms with Gasteiger partial charge in [-0.05, 0) is 24.1 Å². The summed E-state index contributed by atoms with van der Waals surface area (Å²) in [4.78, 5) is 24.2. The van der Waals surface area contributed by atoms with E-state index >= 15 is 0 Å². The molecule has 1 aromatic carbocycles. The fourth-order valence-electron chi connectivity index (χ4n) is 3.43. The Kier molecular flexibility index (Phi) is 5.40.